The van der Waals surface area contributed by atoms with Gasteiger partial charge in [-0.2, -0.15) is 0 Å². The molecule has 0 atom stereocenters. The Kier molecular flexibility index (Phi) is 8.56. The fourth-order valence-corrected chi connectivity index (χ4v) is 4.90. The Morgan fingerprint density at radius 1 is 1.07 bits per heavy atom. The summed E-state index contributed by atoms with van der Waals surface area (Å²) in [5, 5.41) is 0. The monoisotopic (exact) mass is 402 g/mol. The Hall–Kier alpha value is -1.17. The molecule has 1 aromatic rings. The zero-order chi connectivity index (χ0) is 19.8. The minimum absolute atomic E-state index is 0.903. The van der Waals surface area contributed by atoms with E-state index in [4.69, 9.17) is 0 Å². The van der Waals surface area contributed by atoms with E-state index in [0.29, 0.717) is 0 Å². The number of piperazine rings is 1. The van der Waals surface area contributed by atoms with Crippen LogP contribution >= 0.6 is 11.9 Å². The molecule has 1 aromatic carbocycles. The van der Waals surface area contributed by atoms with Gasteiger partial charge in [0.15, 0.2) is 0 Å². The predicted molar refractivity (Wildman–Crippen MR) is 123 cm³/mol. The van der Waals surface area contributed by atoms with Crippen LogP contribution < -0.4 is 9.62 Å². The summed E-state index contributed by atoms with van der Waals surface area (Å²) in [5.41, 5.74) is 2.60. The minimum Gasteiger partial charge on any atom is -0.376 e. The molecule has 4 nitrogen and oxygen atoms in total. The average molecular weight is 403 g/mol. The maximum Gasteiger partial charge on any atom is 0.0367 e. The minimum atomic E-state index is 0.903. The normalized spacial score (nSPS) is 19.2. The Morgan fingerprint density at radius 2 is 1.75 bits per heavy atom. The number of piperidine rings is 1. The number of allylic oxidation sites excluding steroid dienone is 1. The molecule has 2 heterocycles. The molecule has 0 radical (unpaired) electrons. The molecule has 2 saturated heterocycles. The van der Waals surface area contributed by atoms with Crippen LogP contribution in [0.25, 0.3) is 0 Å². The van der Waals surface area contributed by atoms with E-state index in [1.807, 2.05) is 0 Å². The first-order chi connectivity index (χ1) is 13.7. The van der Waals surface area contributed by atoms with Crippen LogP contribution in [0.4, 0.5) is 5.69 Å². The molecule has 5 heteroatoms. The third kappa shape index (κ3) is 6.43. The zero-order valence-electron chi connectivity index (χ0n) is 17.8. The van der Waals surface area contributed by atoms with Crippen molar-refractivity contribution in [3.8, 4) is 0 Å². The summed E-state index contributed by atoms with van der Waals surface area (Å²) < 4.78 is 3.39. The first kappa shape index (κ1) is 21.5. The quantitative estimate of drug-likeness (QED) is 0.485. The maximum absolute atomic E-state index is 4.09. The Morgan fingerprint density at radius 3 is 2.36 bits per heavy atom. The van der Waals surface area contributed by atoms with Gasteiger partial charge in [-0.25, -0.2) is 0 Å². The molecule has 0 unspecified atom stereocenters. The Labute approximate surface area is 176 Å². The molecule has 156 valence electrons. The molecule has 0 aliphatic carbocycles. The zero-order valence-corrected chi connectivity index (χ0v) is 18.6. The van der Waals surface area contributed by atoms with Crippen molar-refractivity contribution >= 4 is 17.6 Å². The summed E-state index contributed by atoms with van der Waals surface area (Å²) in [4.78, 5) is 8.95. The second-order valence-corrected chi connectivity index (χ2v) is 9.24. The van der Waals surface area contributed by atoms with Crippen LogP contribution in [-0.4, -0.2) is 62.2 Å². The van der Waals surface area contributed by atoms with Crippen molar-refractivity contribution in [1.29, 1.82) is 0 Å². The number of benzene rings is 1. The van der Waals surface area contributed by atoms with Crippen molar-refractivity contribution in [2.75, 3.05) is 57.3 Å². The molecule has 2 aliphatic heterocycles. The lowest BCUT2D eigenvalue weighted by Crippen LogP contribution is -2.47. The smallest absolute Gasteiger partial charge is 0.0367 e. The van der Waals surface area contributed by atoms with Gasteiger partial charge in [0.05, 0.1) is 0 Å². The highest BCUT2D eigenvalue weighted by molar-refractivity contribution is 7.97. The molecule has 0 saturated carbocycles. The van der Waals surface area contributed by atoms with Gasteiger partial charge in [0.1, 0.15) is 0 Å². The van der Waals surface area contributed by atoms with Crippen LogP contribution in [0.3, 0.4) is 0 Å². The lowest BCUT2D eigenvalue weighted by atomic mass is 9.93. The van der Waals surface area contributed by atoms with E-state index in [1.54, 1.807) is 11.9 Å². The molecule has 28 heavy (non-hydrogen) atoms. The molecule has 1 N–H and O–H groups in total. The topological polar surface area (TPSA) is 21.8 Å². The summed E-state index contributed by atoms with van der Waals surface area (Å²) >= 11 is 1.74. The van der Waals surface area contributed by atoms with Gasteiger partial charge < -0.3 is 9.80 Å². The number of hydrogen-bond acceptors (Lipinski definition) is 5. The number of likely N-dealkylation sites (tertiary alicyclic amines) is 1. The summed E-state index contributed by atoms with van der Waals surface area (Å²) in [5.74, 6) is 0.903. The van der Waals surface area contributed by atoms with Gasteiger partial charge in [-0.05, 0) is 81.3 Å². The van der Waals surface area contributed by atoms with E-state index >= 15 is 0 Å². The van der Waals surface area contributed by atoms with Crippen molar-refractivity contribution in [3.05, 3.63) is 36.5 Å². The van der Waals surface area contributed by atoms with Gasteiger partial charge in [0.25, 0.3) is 0 Å². The highest BCUT2D eigenvalue weighted by Crippen LogP contribution is 2.24. The van der Waals surface area contributed by atoms with Gasteiger partial charge in [-0.15, -0.1) is 0 Å². The number of rotatable bonds is 9. The molecule has 0 aromatic heterocycles. The molecule has 3 rings (SSSR count). The van der Waals surface area contributed by atoms with E-state index in [-0.39, 0.29) is 0 Å². The third-order valence-corrected chi connectivity index (χ3v) is 6.98. The molecule has 2 aliphatic rings. The van der Waals surface area contributed by atoms with Crippen LogP contribution in [0.15, 0.2) is 41.4 Å². The maximum atomic E-state index is 4.09. The summed E-state index contributed by atoms with van der Waals surface area (Å²) in [6, 6.07) is 9.04. The lowest BCUT2D eigenvalue weighted by Gasteiger charge is -2.38. The number of nitrogens with zero attached hydrogens (tertiary/aromatic N) is 3. The largest absolute Gasteiger partial charge is 0.376 e. The standard InChI is InChI=1S/C23H38N4S/c1-4-12-24-28-23-7-5-22(6-8-23)27-18-16-25(17-19-27)13-9-21-10-14-26(15-11-21)20(2)3/h5-8,21,24H,2,4,9-19H2,1,3H3. The predicted octanol–water partition coefficient (Wildman–Crippen LogP) is 4.45. The molecular weight excluding hydrogens is 364 g/mol. The highest BCUT2D eigenvalue weighted by Gasteiger charge is 2.21. The Balaban J connectivity index is 1.35. The third-order valence-electron chi connectivity index (χ3n) is 6.12. The van der Waals surface area contributed by atoms with Gasteiger partial charge in [0.2, 0.25) is 0 Å². The summed E-state index contributed by atoms with van der Waals surface area (Å²) in [6.07, 6.45) is 5.21. The van der Waals surface area contributed by atoms with Crippen LogP contribution in [-0.2, 0) is 0 Å². The fourth-order valence-electron chi connectivity index (χ4n) is 4.16. The first-order valence-electron chi connectivity index (χ1n) is 11.0. The van der Waals surface area contributed by atoms with Crippen molar-refractivity contribution in [3.63, 3.8) is 0 Å². The lowest BCUT2D eigenvalue weighted by molar-refractivity contribution is 0.187. The fraction of sp³-hybridized carbons (Fsp3) is 0.652. The number of nitrogens with one attached hydrogen (secondary N) is 1. The SMILES string of the molecule is C=C(C)N1CCC(CCN2CCN(c3ccc(SNCCC)cc3)CC2)CC1. The van der Waals surface area contributed by atoms with Gasteiger partial charge >= 0.3 is 0 Å². The first-order valence-corrected chi connectivity index (χ1v) is 11.8. The summed E-state index contributed by atoms with van der Waals surface area (Å²) in [7, 11) is 0. The average Bonchev–Trinajstić information content (AvgIpc) is 2.74. The van der Waals surface area contributed by atoms with Crippen LogP contribution in [0.5, 0.6) is 0 Å². The van der Waals surface area contributed by atoms with Crippen molar-refractivity contribution in [2.24, 2.45) is 5.92 Å². The molecule has 0 amide bonds. The van der Waals surface area contributed by atoms with Crippen molar-refractivity contribution in [2.45, 2.75) is 44.4 Å². The van der Waals surface area contributed by atoms with E-state index in [1.165, 1.54) is 74.7 Å². The van der Waals surface area contributed by atoms with Crippen molar-refractivity contribution in [1.82, 2.24) is 14.5 Å². The second kappa shape index (κ2) is 11.1. The van der Waals surface area contributed by atoms with Gasteiger partial charge in [-0.3, -0.25) is 9.62 Å². The van der Waals surface area contributed by atoms with Gasteiger partial charge in [0, 0.05) is 62.1 Å². The highest BCUT2D eigenvalue weighted by atomic mass is 32.2. The van der Waals surface area contributed by atoms with Gasteiger partial charge in [-0.1, -0.05) is 13.5 Å². The summed E-state index contributed by atoms with van der Waals surface area (Å²) in [6.45, 7) is 17.8. The molecule has 0 bridgehead atoms. The second-order valence-electron chi connectivity index (χ2n) is 8.27. The van der Waals surface area contributed by atoms with Crippen LogP contribution in [0.2, 0.25) is 0 Å². The number of hydrogen-bond donors (Lipinski definition) is 1. The van der Waals surface area contributed by atoms with E-state index in [2.05, 4.69) is 64.1 Å². The molecular formula is C23H38N4S. The Bertz CT molecular complexity index is 587. The van der Waals surface area contributed by atoms with E-state index < -0.39 is 0 Å². The molecule has 0 spiro atoms. The van der Waals surface area contributed by atoms with Crippen LogP contribution in [0, 0.1) is 5.92 Å². The van der Waals surface area contributed by atoms with Crippen molar-refractivity contribution < 1.29 is 0 Å². The van der Waals surface area contributed by atoms with E-state index in [9.17, 15) is 0 Å². The number of anilines is 1. The molecule has 2 fully saturated rings. The van der Waals surface area contributed by atoms with E-state index in [0.717, 1.165) is 25.6 Å². The van der Waals surface area contributed by atoms with Crippen LogP contribution in [0.1, 0.15) is 39.5 Å².